The minimum atomic E-state index is -0.312. The molecular formula is C12H14Cl2N2O3. The summed E-state index contributed by atoms with van der Waals surface area (Å²) in [4.78, 5) is 11.7. The van der Waals surface area contributed by atoms with Crippen molar-refractivity contribution in [2.75, 3.05) is 25.3 Å². The first kappa shape index (κ1) is 14.4. The number of halogens is 2. The molecule has 1 atom stereocenters. The highest BCUT2D eigenvalue weighted by Crippen LogP contribution is 2.24. The Morgan fingerprint density at radius 3 is 2.89 bits per heavy atom. The van der Waals surface area contributed by atoms with Crippen molar-refractivity contribution >= 4 is 34.9 Å². The van der Waals surface area contributed by atoms with E-state index < -0.39 is 0 Å². The molecule has 0 spiro atoms. The van der Waals surface area contributed by atoms with E-state index in [1.54, 1.807) is 18.2 Å². The molecule has 1 aromatic carbocycles. The maximum absolute atomic E-state index is 11.7. The van der Waals surface area contributed by atoms with Gasteiger partial charge >= 0.3 is 6.03 Å². The van der Waals surface area contributed by atoms with Gasteiger partial charge in [0.1, 0.15) is 6.79 Å². The fraction of sp³-hybridized carbons (Fsp3) is 0.417. The lowest BCUT2D eigenvalue weighted by Gasteiger charge is -2.22. The molecule has 0 bridgehead atoms. The predicted molar refractivity (Wildman–Crippen MR) is 73.8 cm³/mol. The number of ether oxygens (including phenoxy) is 2. The molecule has 2 rings (SSSR count). The molecule has 1 aromatic rings. The maximum atomic E-state index is 11.7. The van der Waals surface area contributed by atoms with E-state index in [-0.39, 0.29) is 18.9 Å². The van der Waals surface area contributed by atoms with E-state index in [2.05, 4.69) is 10.6 Å². The average molecular weight is 305 g/mol. The molecule has 1 saturated heterocycles. The zero-order valence-electron chi connectivity index (χ0n) is 10.1. The first-order valence-electron chi connectivity index (χ1n) is 5.84. The summed E-state index contributed by atoms with van der Waals surface area (Å²) in [5, 5.41) is 6.24. The van der Waals surface area contributed by atoms with Gasteiger partial charge in [0, 0.05) is 12.2 Å². The molecule has 0 radical (unpaired) electrons. The number of carbonyl (C=O) groups is 1. The lowest BCUT2D eigenvalue weighted by molar-refractivity contribution is -0.136. The van der Waals surface area contributed by atoms with E-state index in [0.29, 0.717) is 28.9 Å². The van der Waals surface area contributed by atoms with Crippen LogP contribution in [0.25, 0.3) is 0 Å². The number of amides is 2. The molecule has 0 aromatic heterocycles. The minimum absolute atomic E-state index is 0.00620. The molecule has 19 heavy (non-hydrogen) atoms. The van der Waals surface area contributed by atoms with Gasteiger partial charge in [-0.05, 0) is 24.6 Å². The van der Waals surface area contributed by atoms with Gasteiger partial charge in [0.15, 0.2) is 0 Å². The maximum Gasteiger partial charge on any atom is 0.319 e. The third kappa shape index (κ3) is 4.54. The zero-order chi connectivity index (χ0) is 13.7. The minimum Gasteiger partial charge on any atom is -0.355 e. The van der Waals surface area contributed by atoms with Gasteiger partial charge < -0.3 is 20.1 Å². The van der Waals surface area contributed by atoms with Crippen molar-refractivity contribution in [3.63, 3.8) is 0 Å². The van der Waals surface area contributed by atoms with Gasteiger partial charge in [0.2, 0.25) is 0 Å². The normalized spacial score (nSPS) is 18.9. The number of hydrogen-bond acceptors (Lipinski definition) is 3. The molecule has 1 aliphatic heterocycles. The summed E-state index contributed by atoms with van der Waals surface area (Å²) >= 11 is 11.6. The Kier molecular flexibility index (Phi) is 5.27. The van der Waals surface area contributed by atoms with E-state index in [1.165, 1.54) is 0 Å². The highest BCUT2D eigenvalue weighted by atomic mass is 35.5. The van der Waals surface area contributed by atoms with Crippen LogP contribution in [0.15, 0.2) is 18.2 Å². The highest BCUT2D eigenvalue weighted by molar-refractivity contribution is 6.42. The van der Waals surface area contributed by atoms with Crippen LogP contribution in [-0.2, 0) is 9.47 Å². The molecule has 1 heterocycles. The molecule has 7 heteroatoms. The Bertz CT molecular complexity index is 451. The van der Waals surface area contributed by atoms with E-state index in [1.807, 2.05) is 0 Å². The molecule has 5 nitrogen and oxygen atoms in total. The van der Waals surface area contributed by atoms with Crippen molar-refractivity contribution in [1.29, 1.82) is 0 Å². The van der Waals surface area contributed by atoms with E-state index in [0.717, 1.165) is 6.42 Å². The van der Waals surface area contributed by atoms with Gasteiger partial charge in [0.05, 0.1) is 22.8 Å². The quantitative estimate of drug-likeness (QED) is 0.902. The molecule has 1 fully saturated rings. The molecule has 0 unspecified atom stereocenters. The van der Waals surface area contributed by atoms with Gasteiger partial charge in [-0.25, -0.2) is 4.79 Å². The van der Waals surface area contributed by atoms with Crippen LogP contribution in [0.4, 0.5) is 10.5 Å². The summed E-state index contributed by atoms with van der Waals surface area (Å²) < 4.78 is 10.4. The lowest BCUT2D eigenvalue weighted by atomic mass is 10.2. The van der Waals surface area contributed by atoms with Crippen LogP contribution in [-0.4, -0.2) is 32.1 Å². The van der Waals surface area contributed by atoms with Gasteiger partial charge in [-0.2, -0.15) is 0 Å². The van der Waals surface area contributed by atoms with Crippen molar-refractivity contribution in [3.05, 3.63) is 28.2 Å². The van der Waals surface area contributed by atoms with Crippen molar-refractivity contribution in [2.45, 2.75) is 12.5 Å². The molecule has 104 valence electrons. The summed E-state index contributed by atoms with van der Waals surface area (Å²) in [5.74, 6) is 0. The number of benzene rings is 1. The van der Waals surface area contributed by atoms with Gasteiger partial charge in [0.25, 0.3) is 0 Å². The highest BCUT2D eigenvalue weighted by Gasteiger charge is 2.15. The molecule has 2 amide bonds. The van der Waals surface area contributed by atoms with Gasteiger partial charge in [-0.15, -0.1) is 0 Å². The second kappa shape index (κ2) is 6.96. The number of urea groups is 1. The second-order valence-electron chi connectivity index (χ2n) is 4.07. The first-order chi connectivity index (χ1) is 9.15. The third-order valence-corrected chi connectivity index (χ3v) is 3.38. The summed E-state index contributed by atoms with van der Waals surface area (Å²) in [7, 11) is 0. The summed E-state index contributed by atoms with van der Waals surface area (Å²) in [6, 6.07) is 4.59. The summed E-state index contributed by atoms with van der Waals surface area (Å²) in [6.45, 7) is 1.37. The number of carbonyl (C=O) groups excluding carboxylic acids is 1. The topological polar surface area (TPSA) is 59.6 Å². The molecule has 2 N–H and O–H groups in total. The van der Waals surface area contributed by atoms with E-state index in [9.17, 15) is 4.79 Å². The van der Waals surface area contributed by atoms with Crippen LogP contribution in [0.2, 0.25) is 10.0 Å². The zero-order valence-corrected chi connectivity index (χ0v) is 11.6. The van der Waals surface area contributed by atoms with E-state index in [4.69, 9.17) is 32.7 Å². The number of rotatable bonds is 3. The monoisotopic (exact) mass is 304 g/mol. The van der Waals surface area contributed by atoms with Crippen molar-refractivity contribution in [1.82, 2.24) is 5.32 Å². The number of nitrogens with one attached hydrogen (secondary N) is 2. The Hall–Kier alpha value is -1.01. The van der Waals surface area contributed by atoms with Crippen LogP contribution in [0.1, 0.15) is 6.42 Å². The fourth-order valence-corrected chi connectivity index (χ4v) is 1.92. The van der Waals surface area contributed by atoms with E-state index >= 15 is 0 Å². The van der Waals surface area contributed by atoms with Crippen LogP contribution in [0.5, 0.6) is 0 Å². The Morgan fingerprint density at radius 1 is 1.37 bits per heavy atom. The lowest BCUT2D eigenvalue weighted by Crippen LogP contribution is -2.38. The van der Waals surface area contributed by atoms with Crippen LogP contribution < -0.4 is 10.6 Å². The molecular weight excluding hydrogens is 291 g/mol. The summed E-state index contributed by atoms with van der Waals surface area (Å²) in [6.07, 6.45) is 0.765. The van der Waals surface area contributed by atoms with Gasteiger partial charge in [-0.1, -0.05) is 23.2 Å². The SMILES string of the molecule is O=C(NC[C@@H]1CCOCO1)Nc1ccc(Cl)c(Cl)c1. The predicted octanol–water partition coefficient (Wildman–Crippen LogP) is 2.88. The average Bonchev–Trinajstić information content (AvgIpc) is 2.42. The van der Waals surface area contributed by atoms with Crippen molar-refractivity contribution in [2.24, 2.45) is 0 Å². The fourth-order valence-electron chi connectivity index (χ4n) is 1.62. The Morgan fingerprint density at radius 2 is 2.21 bits per heavy atom. The molecule has 1 aliphatic rings. The Balaban J connectivity index is 1.78. The summed E-state index contributed by atoms with van der Waals surface area (Å²) in [5.41, 5.74) is 0.583. The second-order valence-corrected chi connectivity index (χ2v) is 4.88. The first-order valence-corrected chi connectivity index (χ1v) is 6.60. The van der Waals surface area contributed by atoms with Crippen LogP contribution in [0, 0.1) is 0 Å². The Labute approximate surface area is 121 Å². The largest absolute Gasteiger partial charge is 0.355 e. The molecule has 0 aliphatic carbocycles. The standard InChI is InChI=1S/C12H14Cl2N2O3/c13-10-2-1-8(5-11(10)14)16-12(17)15-6-9-3-4-18-7-19-9/h1-2,5,9H,3-4,6-7H2,(H2,15,16,17)/t9-/m0/s1. The number of hydrogen-bond donors (Lipinski definition) is 2. The van der Waals surface area contributed by atoms with Crippen molar-refractivity contribution < 1.29 is 14.3 Å². The van der Waals surface area contributed by atoms with Crippen molar-refractivity contribution in [3.8, 4) is 0 Å². The number of anilines is 1. The smallest absolute Gasteiger partial charge is 0.319 e. The van der Waals surface area contributed by atoms with Gasteiger partial charge in [-0.3, -0.25) is 0 Å². The van der Waals surface area contributed by atoms with Crippen LogP contribution in [0.3, 0.4) is 0 Å². The molecule has 0 saturated carbocycles. The third-order valence-electron chi connectivity index (χ3n) is 2.64. The van der Waals surface area contributed by atoms with Crippen LogP contribution >= 0.6 is 23.2 Å².